The molecule has 3 atom stereocenters. The number of alkyl halides is 1. The number of hydrogen-bond donors (Lipinski definition) is 1. The van der Waals surface area contributed by atoms with E-state index in [0.717, 1.165) is 19.3 Å². The molecule has 80 valence electrons. The molecule has 0 aromatic heterocycles. The first-order valence-corrected chi connectivity index (χ1v) is 5.62. The molecule has 3 unspecified atom stereocenters. The summed E-state index contributed by atoms with van der Waals surface area (Å²) in [6.07, 6.45) is 3.09. The molecule has 13 heavy (non-hydrogen) atoms. The predicted molar refractivity (Wildman–Crippen MR) is 56.4 cm³/mol. The number of hydrogen-bond acceptors (Lipinski definition) is 1. The van der Waals surface area contributed by atoms with E-state index in [4.69, 9.17) is 5.73 Å². The minimum absolute atomic E-state index is 0.448. The molecule has 0 spiro atoms. The summed E-state index contributed by atoms with van der Waals surface area (Å²) in [7, 11) is 0. The van der Waals surface area contributed by atoms with Crippen molar-refractivity contribution >= 4 is 0 Å². The SMILES string of the molecule is CC.CCC1CCC(F)CC1CN. The van der Waals surface area contributed by atoms with E-state index in [0.29, 0.717) is 24.8 Å². The Morgan fingerprint density at radius 3 is 2.31 bits per heavy atom. The van der Waals surface area contributed by atoms with Crippen LogP contribution in [0.4, 0.5) is 4.39 Å². The molecule has 1 saturated carbocycles. The average molecular weight is 189 g/mol. The van der Waals surface area contributed by atoms with Crippen LogP contribution in [-0.2, 0) is 0 Å². The minimum Gasteiger partial charge on any atom is -0.330 e. The standard InChI is InChI=1S/C9H18FN.C2H6/c1-2-7-3-4-9(10)5-8(7)6-11;1-2/h7-9H,2-6,11H2,1H3;1-2H3. The van der Waals surface area contributed by atoms with Crippen molar-refractivity contribution in [3.63, 3.8) is 0 Å². The molecule has 1 nitrogen and oxygen atoms in total. The van der Waals surface area contributed by atoms with E-state index in [9.17, 15) is 4.39 Å². The smallest absolute Gasteiger partial charge is 0.100 e. The zero-order valence-electron chi connectivity index (χ0n) is 9.22. The van der Waals surface area contributed by atoms with Crippen LogP contribution >= 0.6 is 0 Å². The fourth-order valence-corrected chi connectivity index (χ4v) is 2.10. The quantitative estimate of drug-likeness (QED) is 0.709. The molecular formula is C11H24FN. The first kappa shape index (κ1) is 12.9. The van der Waals surface area contributed by atoms with Gasteiger partial charge in [0.15, 0.2) is 0 Å². The average Bonchev–Trinajstić information content (AvgIpc) is 2.20. The minimum atomic E-state index is -0.577. The Kier molecular flexibility index (Phi) is 7.25. The van der Waals surface area contributed by atoms with Crippen LogP contribution in [0.5, 0.6) is 0 Å². The molecule has 0 heterocycles. The highest BCUT2D eigenvalue weighted by atomic mass is 19.1. The summed E-state index contributed by atoms with van der Waals surface area (Å²) in [5.74, 6) is 1.13. The molecule has 0 bridgehead atoms. The molecule has 1 rings (SSSR count). The van der Waals surface area contributed by atoms with Gasteiger partial charge < -0.3 is 5.73 Å². The van der Waals surface area contributed by atoms with Crippen molar-refractivity contribution in [3.8, 4) is 0 Å². The van der Waals surface area contributed by atoms with Crippen molar-refractivity contribution in [2.45, 2.75) is 52.6 Å². The lowest BCUT2D eigenvalue weighted by Gasteiger charge is -2.31. The lowest BCUT2D eigenvalue weighted by Crippen LogP contribution is -2.30. The predicted octanol–water partition coefficient (Wildman–Crippen LogP) is 3.14. The van der Waals surface area contributed by atoms with Gasteiger partial charge in [0.25, 0.3) is 0 Å². The summed E-state index contributed by atoms with van der Waals surface area (Å²) in [4.78, 5) is 0. The van der Waals surface area contributed by atoms with Crippen LogP contribution in [0.2, 0.25) is 0 Å². The Morgan fingerprint density at radius 2 is 1.85 bits per heavy atom. The third kappa shape index (κ3) is 4.08. The molecule has 0 radical (unpaired) electrons. The van der Waals surface area contributed by atoms with Gasteiger partial charge in [-0.1, -0.05) is 27.2 Å². The summed E-state index contributed by atoms with van der Waals surface area (Å²) in [5.41, 5.74) is 5.56. The zero-order valence-corrected chi connectivity index (χ0v) is 9.22. The van der Waals surface area contributed by atoms with Crippen LogP contribution in [0.3, 0.4) is 0 Å². The van der Waals surface area contributed by atoms with Crippen molar-refractivity contribution in [2.75, 3.05) is 6.54 Å². The van der Waals surface area contributed by atoms with Gasteiger partial charge in [-0.15, -0.1) is 0 Å². The summed E-state index contributed by atoms with van der Waals surface area (Å²) >= 11 is 0. The largest absolute Gasteiger partial charge is 0.330 e. The van der Waals surface area contributed by atoms with Crippen LogP contribution in [0.25, 0.3) is 0 Å². The molecule has 0 aliphatic heterocycles. The first-order valence-electron chi connectivity index (χ1n) is 5.62. The van der Waals surface area contributed by atoms with Crippen molar-refractivity contribution in [2.24, 2.45) is 17.6 Å². The Morgan fingerprint density at radius 1 is 1.23 bits per heavy atom. The maximum Gasteiger partial charge on any atom is 0.100 e. The fraction of sp³-hybridized carbons (Fsp3) is 1.00. The summed E-state index contributed by atoms with van der Waals surface area (Å²) in [6.45, 7) is 6.84. The fourth-order valence-electron chi connectivity index (χ4n) is 2.10. The van der Waals surface area contributed by atoms with Crippen molar-refractivity contribution in [1.82, 2.24) is 0 Å². The maximum absolute atomic E-state index is 12.9. The van der Waals surface area contributed by atoms with Gasteiger partial charge in [0.05, 0.1) is 0 Å². The summed E-state index contributed by atoms with van der Waals surface area (Å²) in [5, 5.41) is 0. The van der Waals surface area contributed by atoms with Crippen LogP contribution < -0.4 is 5.73 Å². The normalized spacial score (nSPS) is 33.5. The van der Waals surface area contributed by atoms with Gasteiger partial charge in [-0.25, -0.2) is 4.39 Å². The Labute approximate surface area is 81.9 Å². The van der Waals surface area contributed by atoms with Gasteiger partial charge in [-0.2, -0.15) is 0 Å². The number of rotatable bonds is 2. The molecule has 2 heteroatoms. The van der Waals surface area contributed by atoms with E-state index in [1.54, 1.807) is 0 Å². The van der Waals surface area contributed by atoms with Gasteiger partial charge in [0, 0.05) is 0 Å². The molecule has 0 saturated heterocycles. The van der Waals surface area contributed by atoms with E-state index in [-0.39, 0.29) is 0 Å². The van der Waals surface area contributed by atoms with Gasteiger partial charge in [0.1, 0.15) is 6.17 Å². The molecule has 1 fully saturated rings. The number of halogens is 1. The van der Waals surface area contributed by atoms with Crippen LogP contribution in [-0.4, -0.2) is 12.7 Å². The van der Waals surface area contributed by atoms with Crippen LogP contribution in [0.15, 0.2) is 0 Å². The van der Waals surface area contributed by atoms with E-state index >= 15 is 0 Å². The Hall–Kier alpha value is -0.110. The molecule has 0 amide bonds. The summed E-state index contributed by atoms with van der Waals surface area (Å²) in [6, 6.07) is 0. The van der Waals surface area contributed by atoms with Crippen molar-refractivity contribution in [3.05, 3.63) is 0 Å². The lowest BCUT2D eigenvalue weighted by atomic mass is 9.77. The van der Waals surface area contributed by atoms with Gasteiger partial charge >= 0.3 is 0 Å². The second-order valence-electron chi connectivity index (χ2n) is 3.57. The van der Waals surface area contributed by atoms with Gasteiger partial charge in [-0.3, -0.25) is 0 Å². The maximum atomic E-state index is 12.9. The molecule has 0 aromatic carbocycles. The van der Waals surface area contributed by atoms with Crippen LogP contribution in [0.1, 0.15) is 46.5 Å². The highest BCUT2D eigenvalue weighted by molar-refractivity contribution is 4.79. The second-order valence-corrected chi connectivity index (χ2v) is 3.57. The van der Waals surface area contributed by atoms with E-state index in [2.05, 4.69) is 6.92 Å². The Balaban J connectivity index is 0.000000671. The lowest BCUT2D eigenvalue weighted by molar-refractivity contribution is 0.141. The summed E-state index contributed by atoms with van der Waals surface area (Å²) < 4.78 is 12.9. The van der Waals surface area contributed by atoms with Gasteiger partial charge in [-0.05, 0) is 37.6 Å². The third-order valence-corrected chi connectivity index (χ3v) is 2.90. The second kappa shape index (κ2) is 7.31. The van der Waals surface area contributed by atoms with E-state index in [1.165, 1.54) is 0 Å². The monoisotopic (exact) mass is 189 g/mol. The van der Waals surface area contributed by atoms with E-state index < -0.39 is 6.17 Å². The topological polar surface area (TPSA) is 26.0 Å². The van der Waals surface area contributed by atoms with Gasteiger partial charge in [0.2, 0.25) is 0 Å². The third-order valence-electron chi connectivity index (χ3n) is 2.90. The molecule has 1 aliphatic carbocycles. The molecule has 2 N–H and O–H groups in total. The number of nitrogens with two attached hydrogens (primary N) is 1. The highest BCUT2D eigenvalue weighted by Gasteiger charge is 2.27. The van der Waals surface area contributed by atoms with E-state index in [1.807, 2.05) is 13.8 Å². The highest BCUT2D eigenvalue weighted by Crippen LogP contribution is 2.32. The first-order chi connectivity index (χ1) is 6.27. The molecular weight excluding hydrogens is 165 g/mol. The molecule has 0 aromatic rings. The van der Waals surface area contributed by atoms with Crippen molar-refractivity contribution in [1.29, 1.82) is 0 Å². The zero-order chi connectivity index (χ0) is 10.3. The molecule has 1 aliphatic rings. The van der Waals surface area contributed by atoms with Crippen LogP contribution in [0, 0.1) is 11.8 Å². The Bertz CT molecular complexity index is 117. The van der Waals surface area contributed by atoms with Crippen molar-refractivity contribution < 1.29 is 4.39 Å².